The molecule has 0 unspecified atom stereocenters. The number of aryl methyl sites for hydroxylation is 1. The van der Waals surface area contributed by atoms with E-state index in [2.05, 4.69) is 19.9 Å². The van der Waals surface area contributed by atoms with Crippen LogP contribution in [-0.4, -0.2) is 5.91 Å². The van der Waals surface area contributed by atoms with Gasteiger partial charge in [-0.15, -0.1) is 0 Å². The van der Waals surface area contributed by atoms with Crippen molar-refractivity contribution in [3.63, 3.8) is 0 Å². The summed E-state index contributed by atoms with van der Waals surface area (Å²) >= 11 is 0. The number of hydrogen-bond acceptors (Lipinski definition) is 1. The first kappa shape index (κ1) is 17.7. The molecule has 0 fully saturated rings. The van der Waals surface area contributed by atoms with Crippen LogP contribution in [-0.2, 0) is 6.42 Å². The number of carbonyl (C=O) groups is 1. The number of rotatable bonds is 10. The van der Waals surface area contributed by atoms with Crippen LogP contribution in [0.15, 0.2) is 12.1 Å². The van der Waals surface area contributed by atoms with Crippen molar-refractivity contribution in [2.24, 2.45) is 5.73 Å². The molecule has 0 aromatic heterocycles. The third kappa shape index (κ3) is 5.91. The summed E-state index contributed by atoms with van der Waals surface area (Å²) in [5.74, 6) is -0.325. The van der Waals surface area contributed by atoms with E-state index in [0.29, 0.717) is 5.56 Å². The van der Waals surface area contributed by atoms with Gasteiger partial charge in [0.15, 0.2) is 0 Å². The smallest absolute Gasteiger partial charge is 0.248 e. The van der Waals surface area contributed by atoms with Gasteiger partial charge in [0.2, 0.25) is 5.91 Å². The average Bonchev–Trinajstić information content (AvgIpc) is 2.45. The van der Waals surface area contributed by atoms with E-state index in [9.17, 15) is 4.79 Å². The number of primary amides is 1. The molecule has 2 nitrogen and oxygen atoms in total. The second-order valence-electron chi connectivity index (χ2n) is 6.11. The molecular formula is C19H31NO. The minimum Gasteiger partial charge on any atom is -0.366 e. The van der Waals surface area contributed by atoms with Crippen molar-refractivity contribution < 1.29 is 4.79 Å². The van der Waals surface area contributed by atoms with E-state index in [1.165, 1.54) is 62.5 Å². The largest absolute Gasteiger partial charge is 0.366 e. The molecule has 118 valence electrons. The average molecular weight is 289 g/mol. The Morgan fingerprint density at radius 3 is 2.05 bits per heavy atom. The van der Waals surface area contributed by atoms with Crippen LogP contribution in [0.1, 0.15) is 85.3 Å². The standard InChI is InChI=1S/C19H31NO/c1-4-5-6-7-8-9-10-11-12-17-13-14-18(19(20)21)16(3)15(17)2/h13-14H,4-12H2,1-3H3,(H2,20,21). The van der Waals surface area contributed by atoms with Crippen molar-refractivity contribution in [2.45, 2.75) is 78.6 Å². The van der Waals surface area contributed by atoms with Crippen LogP contribution in [0.25, 0.3) is 0 Å². The Morgan fingerprint density at radius 2 is 1.48 bits per heavy atom. The zero-order valence-corrected chi connectivity index (χ0v) is 14.0. The second kappa shape index (κ2) is 9.59. The number of benzene rings is 1. The summed E-state index contributed by atoms with van der Waals surface area (Å²) in [5, 5.41) is 0. The van der Waals surface area contributed by atoms with Gasteiger partial charge in [-0.25, -0.2) is 0 Å². The van der Waals surface area contributed by atoms with E-state index in [1.807, 2.05) is 13.0 Å². The first-order chi connectivity index (χ1) is 10.1. The van der Waals surface area contributed by atoms with E-state index in [0.717, 1.165) is 12.0 Å². The molecule has 0 atom stereocenters. The molecule has 2 heteroatoms. The number of hydrogen-bond donors (Lipinski definition) is 1. The third-order valence-corrected chi connectivity index (χ3v) is 4.46. The summed E-state index contributed by atoms with van der Waals surface area (Å²) < 4.78 is 0. The van der Waals surface area contributed by atoms with Gasteiger partial charge in [-0.05, 0) is 49.4 Å². The first-order valence-electron chi connectivity index (χ1n) is 8.46. The first-order valence-corrected chi connectivity index (χ1v) is 8.46. The maximum Gasteiger partial charge on any atom is 0.248 e. The molecule has 1 amide bonds. The van der Waals surface area contributed by atoms with Crippen LogP contribution in [0, 0.1) is 13.8 Å². The maximum atomic E-state index is 11.3. The molecule has 0 aliphatic rings. The number of unbranched alkanes of at least 4 members (excludes halogenated alkanes) is 7. The normalized spacial score (nSPS) is 10.8. The molecular weight excluding hydrogens is 258 g/mol. The summed E-state index contributed by atoms with van der Waals surface area (Å²) in [6, 6.07) is 3.95. The van der Waals surface area contributed by atoms with Crippen molar-refractivity contribution in [2.75, 3.05) is 0 Å². The second-order valence-corrected chi connectivity index (χ2v) is 6.11. The van der Waals surface area contributed by atoms with Crippen LogP contribution in [0.2, 0.25) is 0 Å². The highest BCUT2D eigenvalue weighted by Gasteiger charge is 2.09. The highest BCUT2D eigenvalue weighted by atomic mass is 16.1. The fourth-order valence-electron chi connectivity index (χ4n) is 2.86. The van der Waals surface area contributed by atoms with Gasteiger partial charge in [0, 0.05) is 5.56 Å². The zero-order chi connectivity index (χ0) is 15.7. The minimum atomic E-state index is -0.325. The van der Waals surface area contributed by atoms with Gasteiger partial charge in [-0.3, -0.25) is 4.79 Å². The molecule has 1 rings (SSSR count). The van der Waals surface area contributed by atoms with Crippen LogP contribution < -0.4 is 5.73 Å². The highest BCUT2D eigenvalue weighted by Crippen LogP contribution is 2.20. The van der Waals surface area contributed by atoms with Gasteiger partial charge in [0.1, 0.15) is 0 Å². The summed E-state index contributed by atoms with van der Waals surface area (Å²) in [6.07, 6.45) is 11.9. The van der Waals surface area contributed by atoms with E-state index >= 15 is 0 Å². The fourth-order valence-corrected chi connectivity index (χ4v) is 2.86. The topological polar surface area (TPSA) is 43.1 Å². The number of nitrogens with two attached hydrogens (primary N) is 1. The zero-order valence-electron chi connectivity index (χ0n) is 14.0. The molecule has 0 saturated carbocycles. The lowest BCUT2D eigenvalue weighted by Crippen LogP contribution is -2.13. The van der Waals surface area contributed by atoms with E-state index in [-0.39, 0.29) is 5.91 Å². The molecule has 0 aliphatic heterocycles. The molecule has 2 N–H and O–H groups in total. The SMILES string of the molecule is CCCCCCCCCCc1ccc(C(N)=O)c(C)c1C. The lowest BCUT2D eigenvalue weighted by atomic mass is 9.94. The van der Waals surface area contributed by atoms with Crippen molar-refractivity contribution in [1.82, 2.24) is 0 Å². The molecule has 0 heterocycles. The molecule has 0 bridgehead atoms. The molecule has 0 aliphatic carbocycles. The molecule has 0 spiro atoms. The minimum absolute atomic E-state index is 0.325. The van der Waals surface area contributed by atoms with Gasteiger partial charge in [-0.1, -0.05) is 57.9 Å². The van der Waals surface area contributed by atoms with Gasteiger partial charge in [0.25, 0.3) is 0 Å². The Morgan fingerprint density at radius 1 is 0.905 bits per heavy atom. The molecule has 1 aromatic rings. The van der Waals surface area contributed by atoms with E-state index < -0.39 is 0 Å². The Kier molecular flexibility index (Phi) is 8.11. The fraction of sp³-hybridized carbons (Fsp3) is 0.632. The lowest BCUT2D eigenvalue weighted by Gasteiger charge is -2.11. The van der Waals surface area contributed by atoms with Gasteiger partial charge >= 0.3 is 0 Å². The van der Waals surface area contributed by atoms with Crippen LogP contribution in [0.3, 0.4) is 0 Å². The van der Waals surface area contributed by atoms with E-state index in [4.69, 9.17) is 5.73 Å². The summed E-state index contributed by atoms with van der Waals surface area (Å²) in [7, 11) is 0. The predicted molar refractivity (Wildman–Crippen MR) is 90.7 cm³/mol. The van der Waals surface area contributed by atoms with Crippen molar-refractivity contribution >= 4 is 5.91 Å². The summed E-state index contributed by atoms with van der Waals surface area (Å²) in [5.41, 5.74) is 9.68. The third-order valence-electron chi connectivity index (χ3n) is 4.46. The predicted octanol–water partition coefficient (Wildman–Crippen LogP) is 5.09. The summed E-state index contributed by atoms with van der Waals surface area (Å²) in [6.45, 7) is 6.35. The summed E-state index contributed by atoms with van der Waals surface area (Å²) in [4.78, 5) is 11.3. The molecule has 0 radical (unpaired) electrons. The maximum absolute atomic E-state index is 11.3. The lowest BCUT2D eigenvalue weighted by molar-refractivity contribution is 0.0999. The van der Waals surface area contributed by atoms with Crippen molar-refractivity contribution in [1.29, 1.82) is 0 Å². The Labute approximate surface area is 130 Å². The Hall–Kier alpha value is -1.31. The molecule has 0 saturated heterocycles. The highest BCUT2D eigenvalue weighted by molar-refractivity contribution is 5.94. The Bertz CT molecular complexity index is 451. The Balaban J connectivity index is 2.33. The number of amides is 1. The van der Waals surface area contributed by atoms with E-state index in [1.54, 1.807) is 0 Å². The van der Waals surface area contributed by atoms with Gasteiger partial charge in [0.05, 0.1) is 0 Å². The molecule has 21 heavy (non-hydrogen) atoms. The van der Waals surface area contributed by atoms with Crippen LogP contribution >= 0.6 is 0 Å². The number of carbonyl (C=O) groups excluding carboxylic acids is 1. The monoisotopic (exact) mass is 289 g/mol. The van der Waals surface area contributed by atoms with Crippen molar-refractivity contribution in [3.05, 3.63) is 34.4 Å². The van der Waals surface area contributed by atoms with Gasteiger partial charge < -0.3 is 5.73 Å². The van der Waals surface area contributed by atoms with Crippen molar-refractivity contribution in [3.8, 4) is 0 Å². The van der Waals surface area contributed by atoms with Gasteiger partial charge in [-0.2, -0.15) is 0 Å². The quantitative estimate of drug-likeness (QED) is 0.599. The van der Waals surface area contributed by atoms with Crippen LogP contribution in [0.4, 0.5) is 0 Å². The molecule has 1 aromatic carbocycles. The van der Waals surface area contributed by atoms with Crippen LogP contribution in [0.5, 0.6) is 0 Å².